The van der Waals surface area contributed by atoms with Crippen LogP contribution in [0.25, 0.3) is 11.3 Å². The summed E-state index contributed by atoms with van der Waals surface area (Å²) in [5.41, 5.74) is 8.19. The molecule has 0 unspecified atom stereocenters. The summed E-state index contributed by atoms with van der Waals surface area (Å²) in [6.45, 7) is 0. The molecule has 0 atom stereocenters. The summed E-state index contributed by atoms with van der Waals surface area (Å²) in [4.78, 5) is 8.51. The summed E-state index contributed by atoms with van der Waals surface area (Å²) >= 11 is 0. The van der Waals surface area contributed by atoms with Gasteiger partial charge in [-0.1, -0.05) is 36.4 Å². The first-order valence-electron chi connectivity index (χ1n) is 6.23. The van der Waals surface area contributed by atoms with Gasteiger partial charge in [-0.05, 0) is 18.2 Å². The Bertz CT molecular complexity index is 714. The number of anilines is 1. The van der Waals surface area contributed by atoms with Gasteiger partial charge in [0.15, 0.2) is 0 Å². The SMILES string of the molecule is Nc1cccc(Oc2nccc(-c3ccccc3)n2)c1. The maximum Gasteiger partial charge on any atom is 0.322 e. The van der Waals surface area contributed by atoms with Crippen LogP contribution in [0.5, 0.6) is 11.8 Å². The van der Waals surface area contributed by atoms with Crippen LogP contribution in [-0.4, -0.2) is 9.97 Å². The van der Waals surface area contributed by atoms with Gasteiger partial charge in [0.25, 0.3) is 0 Å². The van der Waals surface area contributed by atoms with Crippen LogP contribution in [-0.2, 0) is 0 Å². The Balaban J connectivity index is 1.88. The molecule has 0 fully saturated rings. The average Bonchev–Trinajstić information content (AvgIpc) is 2.48. The third-order valence-corrected chi connectivity index (χ3v) is 2.77. The van der Waals surface area contributed by atoms with E-state index in [1.807, 2.05) is 48.5 Å². The van der Waals surface area contributed by atoms with Crippen LogP contribution in [0.3, 0.4) is 0 Å². The van der Waals surface area contributed by atoms with Crippen LogP contribution in [0.2, 0.25) is 0 Å². The summed E-state index contributed by atoms with van der Waals surface area (Å²) < 4.78 is 5.62. The molecule has 1 heterocycles. The first-order valence-corrected chi connectivity index (χ1v) is 6.23. The molecule has 98 valence electrons. The highest BCUT2D eigenvalue weighted by Crippen LogP contribution is 2.22. The van der Waals surface area contributed by atoms with Crippen LogP contribution in [0.4, 0.5) is 5.69 Å². The van der Waals surface area contributed by atoms with Gasteiger partial charge in [-0.15, -0.1) is 0 Å². The van der Waals surface area contributed by atoms with E-state index in [0.717, 1.165) is 11.3 Å². The number of hydrogen-bond acceptors (Lipinski definition) is 4. The quantitative estimate of drug-likeness (QED) is 0.734. The number of rotatable bonds is 3. The summed E-state index contributed by atoms with van der Waals surface area (Å²) in [5.74, 6) is 0.621. The van der Waals surface area contributed by atoms with Gasteiger partial charge < -0.3 is 10.5 Å². The van der Waals surface area contributed by atoms with E-state index in [0.29, 0.717) is 17.4 Å². The molecule has 2 aromatic carbocycles. The molecule has 0 aliphatic rings. The van der Waals surface area contributed by atoms with Crippen molar-refractivity contribution >= 4 is 5.69 Å². The molecular formula is C16H13N3O. The van der Waals surface area contributed by atoms with Crippen molar-refractivity contribution in [2.45, 2.75) is 0 Å². The normalized spacial score (nSPS) is 10.2. The molecule has 0 aliphatic carbocycles. The third-order valence-electron chi connectivity index (χ3n) is 2.77. The minimum absolute atomic E-state index is 0.303. The zero-order valence-electron chi connectivity index (χ0n) is 10.7. The fourth-order valence-corrected chi connectivity index (χ4v) is 1.84. The van der Waals surface area contributed by atoms with E-state index in [-0.39, 0.29) is 0 Å². The van der Waals surface area contributed by atoms with Gasteiger partial charge in [0.2, 0.25) is 0 Å². The largest absolute Gasteiger partial charge is 0.424 e. The van der Waals surface area contributed by atoms with Gasteiger partial charge in [0.1, 0.15) is 5.75 Å². The molecule has 2 N–H and O–H groups in total. The van der Waals surface area contributed by atoms with Crippen LogP contribution >= 0.6 is 0 Å². The van der Waals surface area contributed by atoms with E-state index in [9.17, 15) is 0 Å². The van der Waals surface area contributed by atoms with Crippen LogP contribution < -0.4 is 10.5 Å². The fourth-order valence-electron chi connectivity index (χ4n) is 1.84. The van der Waals surface area contributed by atoms with E-state index >= 15 is 0 Å². The molecule has 0 aliphatic heterocycles. The average molecular weight is 263 g/mol. The van der Waals surface area contributed by atoms with E-state index in [1.165, 1.54) is 0 Å². The van der Waals surface area contributed by atoms with E-state index in [4.69, 9.17) is 10.5 Å². The second-order valence-electron chi connectivity index (χ2n) is 4.27. The predicted molar refractivity (Wildman–Crippen MR) is 78.4 cm³/mol. The highest BCUT2D eigenvalue weighted by Gasteiger charge is 2.04. The molecule has 0 spiro atoms. The van der Waals surface area contributed by atoms with E-state index < -0.39 is 0 Å². The van der Waals surface area contributed by atoms with Crippen molar-refractivity contribution in [3.63, 3.8) is 0 Å². The number of nitrogens with zero attached hydrogens (tertiary/aromatic N) is 2. The topological polar surface area (TPSA) is 61.0 Å². The molecule has 0 saturated heterocycles. The van der Waals surface area contributed by atoms with Gasteiger partial charge in [0, 0.05) is 23.5 Å². The monoisotopic (exact) mass is 263 g/mol. The standard InChI is InChI=1S/C16H13N3O/c17-13-7-4-8-14(11-13)20-16-18-10-9-15(19-16)12-5-2-1-3-6-12/h1-11H,17H2. The van der Waals surface area contributed by atoms with Crippen LogP contribution in [0, 0.1) is 0 Å². The molecular weight excluding hydrogens is 250 g/mol. The minimum Gasteiger partial charge on any atom is -0.424 e. The molecule has 1 aromatic heterocycles. The second-order valence-corrected chi connectivity index (χ2v) is 4.27. The molecule has 3 rings (SSSR count). The molecule has 0 saturated carbocycles. The Kier molecular flexibility index (Phi) is 3.29. The first-order chi connectivity index (χ1) is 9.81. The number of nitrogens with two attached hydrogens (primary N) is 1. The lowest BCUT2D eigenvalue weighted by Crippen LogP contribution is -1.94. The van der Waals surface area contributed by atoms with Crippen molar-refractivity contribution in [3.05, 3.63) is 66.9 Å². The first kappa shape index (κ1) is 12.2. The molecule has 20 heavy (non-hydrogen) atoms. The zero-order valence-corrected chi connectivity index (χ0v) is 10.7. The van der Waals surface area contributed by atoms with Gasteiger partial charge in [-0.25, -0.2) is 4.98 Å². The van der Waals surface area contributed by atoms with Gasteiger partial charge in [-0.2, -0.15) is 4.98 Å². The second kappa shape index (κ2) is 5.40. The highest BCUT2D eigenvalue weighted by atomic mass is 16.5. The molecule has 0 amide bonds. The Morgan fingerprint density at radius 1 is 0.900 bits per heavy atom. The van der Waals surface area contributed by atoms with Crippen molar-refractivity contribution in [1.82, 2.24) is 9.97 Å². The molecule has 4 nitrogen and oxygen atoms in total. The lowest BCUT2D eigenvalue weighted by atomic mass is 10.1. The zero-order chi connectivity index (χ0) is 13.8. The number of hydrogen-bond donors (Lipinski definition) is 1. The molecule has 0 radical (unpaired) electrons. The number of ether oxygens (including phenoxy) is 1. The van der Waals surface area contributed by atoms with Crippen molar-refractivity contribution in [2.24, 2.45) is 0 Å². The van der Waals surface area contributed by atoms with Crippen molar-refractivity contribution in [2.75, 3.05) is 5.73 Å². The van der Waals surface area contributed by atoms with E-state index in [2.05, 4.69) is 9.97 Å². The summed E-state index contributed by atoms with van der Waals surface area (Å²) in [6.07, 6.45) is 1.68. The van der Waals surface area contributed by atoms with Gasteiger partial charge >= 0.3 is 6.01 Å². The van der Waals surface area contributed by atoms with E-state index in [1.54, 1.807) is 18.3 Å². The minimum atomic E-state index is 0.303. The Morgan fingerprint density at radius 3 is 2.55 bits per heavy atom. The molecule has 0 bridgehead atoms. The fraction of sp³-hybridized carbons (Fsp3) is 0. The summed E-state index contributed by atoms with van der Waals surface area (Å²) in [7, 11) is 0. The van der Waals surface area contributed by atoms with Crippen LogP contribution in [0.15, 0.2) is 66.9 Å². The summed E-state index contributed by atoms with van der Waals surface area (Å²) in [5, 5.41) is 0. The summed E-state index contributed by atoms with van der Waals surface area (Å²) in [6, 6.07) is 19.2. The maximum absolute atomic E-state index is 5.71. The highest BCUT2D eigenvalue weighted by molar-refractivity contribution is 5.58. The Labute approximate surface area is 116 Å². The van der Waals surface area contributed by atoms with Crippen molar-refractivity contribution < 1.29 is 4.74 Å². The molecule has 3 aromatic rings. The lowest BCUT2D eigenvalue weighted by molar-refractivity contribution is 0.443. The molecule has 4 heteroatoms. The smallest absolute Gasteiger partial charge is 0.322 e. The number of benzene rings is 2. The van der Waals surface area contributed by atoms with Crippen molar-refractivity contribution in [1.29, 1.82) is 0 Å². The van der Waals surface area contributed by atoms with Gasteiger partial charge in [-0.3, -0.25) is 0 Å². The van der Waals surface area contributed by atoms with Gasteiger partial charge in [0.05, 0.1) is 5.69 Å². The lowest BCUT2D eigenvalue weighted by Gasteiger charge is -2.06. The maximum atomic E-state index is 5.71. The van der Waals surface area contributed by atoms with Crippen LogP contribution in [0.1, 0.15) is 0 Å². The Morgan fingerprint density at radius 2 is 1.75 bits per heavy atom. The number of aromatic nitrogens is 2. The Hall–Kier alpha value is -2.88. The number of nitrogen functional groups attached to an aromatic ring is 1. The third kappa shape index (κ3) is 2.75. The van der Waals surface area contributed by atoms with Crippen molar-refractivity contribution in [3.8, 4) is 23.0 Å². The predicted octanol–water partition coefficient (Wildman–Crippen LogP) is 3.52.